The molecule has 34 heavy (non-hydrogen) atoms. The van der Waals surface area contributed by atoms with Crippen LogP contribution in [0.2, 0.25) is 0 Å². The number of carbonyl (C=O) groups is 1. The zero-order valence-corrected chi connectivity index (χ0v) is 20.5. The Labute approximate surface area is 202 Å². The summed E-state index contributed by atoms with van der Waals surface area (Å²) in [5.74, 6) is 0.394. The molecule has 3 heterocycles. The predicted octanol–water partition coefficient (Wildman–Crippen LogP) is 6.65. The molecule has 0 atom stereocenters. The number of nitrogens with one attached hydrogen (secondary N) is 2. The monoisotopic (exact) mass is 452 g/mol. The first kappa shape index (κ1) is 24.6. The van der Waals surface area contributed by atoms with Crippen LogP contribution in [0.1, 0.15) is 41.0 Å². The molecule has 0 unspecified atom stereocenters. The number of nitrogens with zero attached hydrogens (tertiary/aromatic N) is 2. The van der Waals surface area contributed by atoms with Crippen LogP contribution >= 0.6 is 0 Å². The van der Waals surface area contributed by atoms with Gasteiger partial charge in [-0.15, -0.1) is 0 Å². The number of anilines is 1. The normalized spacial score (nSPS) is 13.4. The topological polar surface area (TPSA) is 66.9 Å². The third kappa shape index (κ3) is 7.27. The largest absolute Gasteiger partial charge is 0.367 e. The van der Waals surface area contributed by atoms with Crippen molar-refractivity contribution in [2.24, 2.45) is 0 Å². The maximum absolute atomic E-state index is 12.7. The van der Waals surface area contributed by atoms with Crippen molar-refractivity contribution in [1.29, 1.82) is 0 Å². The summed E-state index contributed by atoms with van der Waals surface area (Å²) in [5.41, 5.74) is 8.41. The van der Waals surface area contributed by atoms with E-state index in [9.17, 15) is 4.79 Å². The molecular weight excluding hydrogens is 420 g/mol. The molecule has 0 bridgehead atoms. The first-order valence-electron chi connectivity index (χ1n) is 11.3. The maximum Gasteiger partial charge on any atom is 0.230 e. The number of hydrogen-bond donors (Lipinski definition) is 2. The minimum atomic E-state index is -0.122. The van der Waals surface area contributed by atoms with Crippen LogP contribution in [0.25, 0.3) is 11.3 Å². The van der Waals surface area contributed by atoms with Crippen molar-refractivity contribution in [3.63, 3.8) is 0 Å². The van der Waals surface area contributed by atoms with Gasteiger partial charge in [0.1, 0.15) is 5.82 Å². The zero-order valence-electron chi connectivity index (χ0n) is 20.5. The van der Waals surface area contributed by atoms with Crippen molar-refractivity contribution < 1.29 is 4.79 Å². The Morgan fingerprint density at radius 1 is 1.00 bits per heavy atom. The molecule has 0 aromatic carbocycles. The van der Waals surface area contributed by atoms with E-state index in [1.165, 1.54) is 11.1 Å². The summed E-state index contributed by atoms with van der Waals surface area (Å²) in [6.45, 7) is 10.4. The summed E-state index contributed by atoms with van der Waals surface area (Å²) in [6, 6.07) is 9.43. The van der Waals surface area contributed by atoms with Crippen molar-refractivity contribution in [3.8, 4) is 11.3 Å². The van der Waals surface area contributed by atoms with E-state index in [1.807, 2.05) is 36.7 Å². The lowest BCUT2D eigenvalue weighted by Crippen LogP contribution is -2.13. The molecule has 2 N–H and O–H groups in total. The second kappa shape index (κ2) is 11.8. The molecule has 1 aliphatic heterocycles. The zero-order chi connectivity index (χ0) is 24.5. The highest BCUT2D eigenvalue weighted by molar-refractivity contribution is 5.92. The van der Waals surface area contributed by atoms with Crippen LogP contribution in [-0.2, 0) is 4.79 Å². The van der Waals surface area contributed by atoms with Crippen molar-refractivity contribution in [2.45, 2.75) is 41.0 Å². The number of aromatic nitrogens is 2. The number of allylic oxidation sites excluding steroid dienone is 9. The molecule has 2 aromatic rings. The van der Waals surface area contributed by atoms with Crippen LogP contribution in [0, 0.1) is 0 Å². The van der Waals surface area contributed by atoms with Crippen LogP contribution in [0.4, 0.5) is 5.82 Å². The van der Waals surface area contributed by atoms with Gasteiger partial charge in [0.2, 0.25) is 5.91 Å². The van der Waals surface area contributed by atoms with E-state index < -0.39 is 0 Å². The summed E-state index contributed by atoms with van der Waals surface area (Å²) >= 11 is 0. The van der Waals surface area contributed by atoms with Gasteiger partial charge < -0.3 is 10.6 Å². The quantitative estimate of drug-likeness (QED) is 0.462. The van der Waals surface area contributed by atoms with Crippen LogP contribution in [0.15, 0.2) is 113 Å². The molecule has 5 heteroatoms. The predicted molar refractivity (Wildman–Crippen MR) is 141 cm³/mol. The number of rotatable bonds is 7. The lowest BCUT2D eigenvalue weighted by Gasteiger charge is -2.10. The fourth-order valence-corrected chi connectivity index (χ4v) is 3.46. The fourth-order valence-electron chi connectivity index (χ4n) is 3.46. The molecule has 0 radical (unpaired) electrons. The molecule has 3 rings (SSSR count). The Morgan fingerprint density at radius 2 is 1.82 bits per heavy atom. The van der Waals surface area contributed by atoms with E-state index in [2.05, 4.69) is 79.5 Å². The Hall–Kier alpha value is -3.99. The van der Waals surface area contributed by atoms with Crippen molar-refractivity contribution in [2.75, 3.05) is 5.32 Å². The fraction of sp³-hybridized carbons (Fsp3) is 0.207. The average Bonchev–Trinajstić information content (AvgIpc) is 2.98. The molecule has 0 saturated carbocycles. The first-order valence-corrected chi connectivity index (χ1v) is 11.3. The number of carbonyl (C=O) groups excluding carboxylic acids is 1. The summed E-state index contributed by atoms with van der Waals surface area (Å²) in [4.78, 5) is 21.4. The van der Waals surface area contributed by atoms with Crippen molar-refractivity contribution >= 4 is 11.7 Å². The Bertz CT molecular complexity index is 1200. The third-order valence-electron chi connectivity index (χ3n) is 5.03. The van der Waals surface area contributed by atoms with E-state index in [0.717, 1.165) is 33.5 Å². The molecule has 174 valence electrons. The van der Waals surface area contributed by atoms with E-state index in [1.54, 1.807) is 18.5 Å². The van der Waals surface area contributed by atoms with Gasteiger partial charge in [-0.2, -0.15) is 0 Å². The van der Waals surface area contributed by atoms with E-state index in [0.29, 0.717) is 5.82 Å². The summed E-state index contributed by atoms with van der Waals surface area (Å²) in [5, 5.41) is 6.13. The number of hydrogen-bond acceptors (Lipinski definition) is 4. The van der Waals surface area contributed by atoms with Gasteiger partial charge >= 0.3 is 0 Å². The van der Waals surface area contributed by atoms with Gasteiger partial charge in [-0.1, -0.05) is 41.5 Å². The Kier molecular flexibility index (Phi) is 8.52. The second-order valence-electron chi connectivity index (χ2n) is 8.73. The van der Waals surface area contributed by atoms with Gasteiger partial charge in [-0.05, 0) is 75.6 Å². The first-order chi connectivity index (χ1) is 16.3. The minimum Gasteiger partial charge on any atom is -0.367 e. The summed E-state index contributed by atoms with van der Waals surface area (Å²) in [6.07, 6.45) is 16.0. The van der Waals surface area contributed by atoms with Crippen LogP contribution in [0.3, 0.4) is 0 Å². The molecule has 0 fully saturated rings. The van der Waals surface area contributed by atoms with Gasteiger partial charge in [-0.25, -0.2) is 4.98 Å². The molecule has 0 saturated heterocycles. The van der Waals surface area contributed by atoms with Gasteiger partial charge in [0.05, 0.1) is 12.1 Å². The molecule has 5 nitrogen and oxygen atoms in total. The highest BCUT2D eigenvalue weighted by atomic mass is 16.1. The van der Waals surface area contributed by atoms with Crippen LogP contribution in [0.5, 0.6) is 0 Å². The molecular formula is C29H32N4O. The summed E-state index contributed by atoms with van der Waals surface area (Å²) in [7, 11) is 0. The smallest absolute Gasteiger partial charge is 0.230 e. The molecule has 1 aliphatic rings. The second-order valence-corrected chi connectivity index (χ2v) is 8.73. The van der Waals surface area contributed by atoms with Crippen molar-refractivity contribution in [3.05, 3.63) is 113 Å². The standard InChI is InChI=1S/C29H32N4O/c1-20(2)9-10-24(14-21(3)4)26-19-30-17-23(15-22(26)5)16-29(34)33-28-12-11-25(18-32-28)27-8-6-7-13-31-27/h6-15,17-19,30H,16H2,1-5H3,(H,32,33,34)/b24-10+. The van der Waals surface area contributed by atoms with Gasteiger partial charge in [0.15, 0.2) is 0 Å². The lowest BCUT2D eigenvalue weighted by atomic mass is 9.96. The van der Waals surface area contributed by atoms with Gasteiger partial charge in [0, 0.05) is 35.9 Å². The Morgan fingerprint density at radius 3 is 2.47 bits per heavy atom. The maximum atomic E-state index is 12.7. The van der Waals surface area contributed by atoms with Gasteiger partial charge in [0.25, 0.3) is 0 Å². The molecule has 1 amide bonds. The Balaban J connectivity index is 1.68. The van der Waals surface area contributed by atoms with Crippen molar-refractivity contribution in [1.82, 2.24) is 15.3 Å². The van der Waals surface area contributed by atoms with E-state index >= 15 is 0 Å². The van der Waals surface area contributed by atoms with Crippen LogP contribution < -0.4 is 10.6 Å². The highest BCUT2D eigenvalue weighted by Gasteiger charge is 2.12. The number of pyridine rings is 2. The lowest BCUT2D eigenvalue weighted by molar-refractivity contribution is -0.115. The van der Waals surface area contributed by atoms with Crippen LogP contribution in [-0.4, -0.2) is 15.9 Å². The van der Waals surface area contributed by atoms with E-state index in [4.69, 9.17) is 0 Å². The average molecular weight is 453 g/mol. The SMILES string of the molecule is CC(C)=C/C=C(\C=C(C)C)C1=CNC=C(CC(=O)Nc2ccc(-c3ccccn3)cn2)C=C1C. The highest BCUT2D eigenvalue weighted by Crippen LogP contribution is 2.25. The summed E-state index contributed by atoms with van der Waals surface area (Å²) < 4.78 is 0. The molecule has 0 aliphatic carbocycles. The third-order valence-corrected chi connectivity index (χ3v) is 5.03. The number of amides is 1. The van der Waals surface area contributed by atoms with E-state index in [-0.39, 0.29) is 12.3 Å². The molecule has 2 aromatic heterocycles. The molecule has 0 spiro atoms. The van der Waals surface area contributed by atoms with Gasteiger partial charge in [-0.3, -0.25) is 9.78 Å². The minimum absolute atomic E-state index is 0.122.